The van der Waals surface area contributed by atoms with Crippen LogP contribution in [-0.2, 0) is 11.3 Å². The third-order valence-electron chi connectivity index (χ3n) is 3.48. The van der Waals surface area contributed by atoms with E-state index in [1.807, 2.05) is 31.2 Å². The summed E-state index contributed by atoms with van der Waals surface area (Å²) in [6.45, 7) is 1.92. The number of methoxy groups -OCH3 is 1. The number of carbonyl (C=O) groups is 1. The molecule has 2 heterocycles. The quantitative estimate of drug-likeness (QED) is 0.801. The van der Waals surface area contributed by atoms with Crippen LogP contribution in [0.1, 0.15) is 4.88 Å². The van der Waals surface area contributed by atoms with Crippen LogP contribution in [0.15, 0.2) is 47.4 Å². The van der Waals surface area contributed by atoms with Gasteiger partial charge in [0.05, 0.1) is 18.2 Å². The van der Waals surface area contributed by atoms with E-state index in [9.17, 15) is 9.59 Å². The van der Waals surface area contributed by atoms with Gasteiger partial charge >= 0.3 is 0 Å². The Morgan fingerprint density at radius 2 is 2.09 bits per heavy atom. The zero-order valence-electron chi connectivity index (χ0n) is 12.8. The van der Waals surface area contributed by atoms with Gasteiger partial charge in [-0.05, 0) is 31.2 Å². The van der Waals surface area contributed by atoms with Crippen molar-refractivity contribution in [3.05, 3.63) is 57.8 Å². The topological polar surface area (TPSA) is 60.3 Å². The molecule has 0 aliphatic rings. The van der Waals surface area contributed by atoms with Crippen molar-refractivity contribution in [3.63, 3.8) is 0 Å². The Balaban J connectivity index is 1.83. The maximum atomic E-state index is 12.4. The number of carbonyl (C=O) groups excluding carboxylic acids is 1. The lowest BCUT2D eigenvalue weighted by Gasteiger charge is -2.10. The maximum Gasteiger partial charge on any atom is 0.259 e. The molecule has 1 aromatic carbocycles. The van der Waals surface area contributed by atoms with Crippen LogP contribution in [0, 0.1) is 6.92 Å². The SMILES string of the molecule is COc1ccccc1NC(=O)Cn1ccc2sc(C)cc2c1=O. The molecule has 0 aliphatic heterocycles. The number of benzene rings is 1. The molecule has 0 radical (unpaired) electrons. The van der Waals surface area contributed by atoms with Crippen LogP contribution in [0.4, 0.5) is 5.69 Å². The summed E-state index contributed by atoms with van der Waals surface area (Å²) in [4.78, 5) is 25.7. The first kappa shape index (κ1) is 15.3. The summed E-state index contributed by atoms with van der Waals surface area (Å²) in [6.07, 6.45) is 1.66. The Bertz CT molecular complexity index is 927. The summed E-state index contributed by atoms with van der Waals surface area (Å²) in [5.74, 6) is 0.306. The summed E-state index contributed by atoms with van der Waals surface area (Å²) in [7, 11) is 1.54. The van der Waals surface area contributed by atoms with Crippen molar-refractivity contribution in [1.82, 2.24) is 4.57 Å². The van der Waals surface area contributed by atoms with Gasteiger partial charge in [0.1, 0.15) is 12.3 Å². The zero-order chi connectivity index (χ0) is 16.4. The average Bonchev–Trinajstić information content (AvgIpc) is 2.92. The Labute approximate surface area is 137 Å². The molecule has 2 aromatic heterocycles. The molecule has 23 heavy (non-hydrogen) atoms. The van der Waals surface area contributed by atoms with Crippen molar-refractivity contribution in [2.75, 3.05) is 12.4 Å². The lowest BCUT2D eigenvalue weighted by atomic mass is 10.3. The van der Waals surface area contributed by atoms with E-state index in [2.05, 4.69) is 5.32 Å². The largest absolute Gasteiger partial charge is 0.495 e. The second-order valence-corrected chi connectivity index (χ2v) is 6.42. The number of aryl methyl sites for hydroxylation is 1. The molecule has 0 atom stereocenters. The average molecular weight is 328 g/mol. The number of thiophene rings is 1. The highest BCUT2D eigenvalue weighted by atomic mass is 32.1. The number of anilines is 1. The van der Waals surface area contributed by atoms with E-state index < -0.39 is 0 Å². The Kier molecular flexibility index (Phi) is 4.16. The number of hydrogen-bond donors (Lipinski definition) is 1. The van der Waals surface area contributed by atoms with Gasteiger partial charge in [0.15, 0.2) is 0 Å². The fourth-order valence-electron chi connectivity index (χ4n) is 2.42. The molecule has 118 valence electrons. The van der Waals surface area contributed by atoms with Gasteiger partial charge in [0.25, 0.3) is 5.56 Å². The molecule has 1 amide bonds. The number of hydrogen-bond acceptors (Lipinski definition) is 4. The molecule has 6 heteroatoms. The van der Waals surface area contributed by atoms with Gasteiger partial charge in [0.2, 0.25) is 5.91 Å². The first-order chi connectivity index (χ1) is 11.1. The number of para-hydroxylation sites is 2. The van der Waals surface area contributed by atoms with Gasteiger partial charge in [-0.2, -0.15) is 0 Å². The number of rotatable bonds is 4. The molecule has 0 aliphatic carbocycles. The monoisotopic (exact) mass is 328 g/mol. The number of amides is 1. The summed E-state index contributed by atoms with van der Waals surface area (Å²) < 4.78 is 7.55. The van der Waals surface area contributed by atoms with Crippen LogP contribution in [0.25, 0.3) is 10.1 Å². The van der Waals surface area contributed by atoms with E-state index in [-0.39, 0.29) is 18.0 Å². The number of fused-ring (bicyclic) bond motifs is 1. The standard InChI is InChI=1S/C17H16N2O3S/c1-11-9-12-15(23-11)7-8-19(17(12)21)10-16(20)18-13-5-3-4-6-14(13)22-2/h3-9H,10H2,1-2H3,(H,18,20). The van der Waals surface area contributed by atoms with Crippen LogP contribution in [0.2, 0.25) is 0 Å². The minimum Gasteiger partial charge on any atom is -0.495 e. The van der Waals surface area contributed by atoms with Gasteiger partial charge in [-0.3, -0.25) is 9.59 Å². The highest BCUT2D eigenvalue weighted by Gasteiger charge is 2.11. The van der Waals surface area contributed by atoms with E-state index in [0.717, 1.165) is 9.58 Å². The van der Waals surface area contributed by atoms with Gasteiger partial charge in [-0.15, -0.1) is 11.3 Å². The molecule has 0 spiro atoms. The molecule has 3 rings (SSSR count). The molecular formula is C17H16N2O3S. The maximum absolute atomic E-state index is 12.4. The Morgan fingerprint density at radius 1 is 1.30 bits per heavy atom. The highest BCUT2D eigenvalue weighted by Crippen LogP contribution is 2.23. The zero-order valence-corrected chi connectivity index (χ0v) is 13.6. The molecule has 5 nitrogen and oxygen atoms in total. The second-order valence-electron chi connectivity index (χ2n) is 5.13. The van der Waals surface area contributed by atoms with Crippen LogP contribution in [0.3, 0.4) is 0 Å². The molecule has 0 bridgehead atoms. The fraction of sp³-hybridized carbons (Fsp3) is 0.176. The molecule has 0 saturated heterocycles. The lowest BCUT2D eigenvalue weighted by molar-refractivity contribution is -0.116. The predicted molar refractivity (Wildman–Crippen MR) is 92.4 cm³/mol. The minimum absolute atomic E-state index is 0.0400. The van der Waals surface area contributed by atoms with Crippen molar-refractivity contribution in [2.45, 2.75) is 13.5 Å². The minimum atomic E-state index is -0.275. The van der Waals surface area contributed by atoms with Gasteiger partial charge in [0, 0.05) is 15.8 Å². The van der Waals surface area contributed by atoms with E-state index in [1.54, 1.807) is 36.8 Å². The van der Waals surface area contributed by atoms with E-state index in [1.165, 1.54) is 4.57 Å². The van der Waals surface area contributed by atoms with Crippen molar-refractivity contribution in [3.8, 4) is 5.75 Å². The molecule has 3 aromatic rings. The van der Waals surface area contributed by atoms with Gasteiger partial charge < -0.3 is 14.6 Å². The first-order valence-electron chi connectivity index (χ1n) is 7.11. The normalized spacial score (nSPS) is 10.7. The third-order valence-corrected chi connectivity index (χ3v) is 4.49. The highest BCUT2D eigenvalue weighted by molar-refractivity contribution is 7.18. The van der Waals surface area contributed by atoms with Crippen molar-refractivity contribution < 1.29 is 9.53 Å². The summed E-state index contributed by atoms with van der Waals surface area (Å²) in [5.41, 5.74) is 0.433. The Hall–Kier alpha value is -2.60. The van der Waals surface area contributed by atoms with Crippen molar-refractivity contribution in [1.29, 1.82) is 0 Å². The van der Waals surface area contributed by atoms with Crippen LogP contribution >= 0.6 is 11.3 Å². The smallest absolute Gasteiger partial charge is 0.259 e. The van der Waals surface area contributed by atoms with Crippen molar-refractivity contribution >= 4 is 33.0 Å². The summed E-state index contributed by atoms with van der Waals surface area (Å²) in [5, 5.41) is 3.42. The van der Waals surface area contributed by atoms with E-state index in [4.69, 9.17) is 4.74 Å². The van der Waals surface area contributed by atoms with Crippen LogP contribution in [-0.4, -0.2) is 17.6 Å². The predicted octanol–water partition coefficient (Wildman–Crippen LogP) is 3.02. The van der Waals surface area contributed by atoms with Crippen LogP contribution in [0.5, 0.6) is 5.75 Å². The number of pyridine rings is 1. The number of aromatic nitrogens is 1. The fourth-order valence-corrected chi connectivity index (χ4v) is 3.33. The summed E-state index contributed by atoms with van der Waals surface area (Å²) in [6, 6.07) is 10.9. The van der Waals surface area contributed by atoms with Crippen LogP contribution < -0.4 is 15.6 Å². The Morgan fingerprint density at radius 3 is 2.87 bits per heavy atom. The number of ether oxygens (including phenoxy) is 1. The van der Waals surface area contributed by atoms with Crippen molar-refractivity contribution in [2.24, 2.45) is 0 Å². The molecule has 0 fully saturated rings. The van der Waals surface area contributed by atoms with E-state index in [0.29, 0.717) is 16.8 Å². The van der Waals surface area contributed by atoms with Gasteiger partial charge in [-0.1, -0.05) is 12.1 Å². The molecule has 0 saturated carbocycles. The second kappa shape index (κ2) is 6.26. The molecular weight excluding hydrogens is 312 g/mol. The molecule has 1 N–H and O–H groups in total. The third kappa shape index (κ3) is 3.12. The molecule has 0 unspecified atom stereocenters. The summed E-state index contributed by atoms with van der Waals surface area (Å²) >= 11 is 1.57. The number of nitrogens with one attached hydrogen (secondary N) is 1. The first-order valence-corrected chi connectivity index (χ1v) is 7.92. The van der Waals surface area contributed by atoms with Gasteiger partial charge in [-0.25, -0.2) is 0 Å². The number of nitrogens with zero attached hydrogens (tertiary/aromatic N) is 1. The lowest BCUT2D eigenvalue weighted by Crippen LogP contribution is -2.27. The van der Waals surface area contributed by atoms with E-state index >= 15 is 0 Å².